The highest BCUT2D eigenvalue weighted by Crippen LogP contribution is 2.30. The lowest BCUT2D eigenvalue weighted by atomic mass is 9.97. The number of esters is 1. The molecule has 0 saturated heterocycles. The van der Waals surface area contributed by atoms with E-state index in [4.69, 9.17) is 0 Å². The van der Waals surface area contributed by atoms with Crippen LogP contribution >= 0.6 is 0 Å². The molecule has 126 valence electrons. The molecule has 1 aliphatic rings. The normalized spacial score (nSPS) is 18.3. The maximum Gasteiger partial charge on any atom is 0.351 e. The fourth-order valence-electron chi connectivity index (χ4n) is 1.77. The Hall–Kier alpha value is -3.07. The van der Waals surface area contributed by atoms with Crippen LogP contribution in [-0.4, -0.2) is 51.8 Å². The Labute approximate surface area is 126 Å². The van der Waals surface area contributed by atoms with E-state index in [1.165, 1.54) is 0 Å². The van der Waals surface area contributed by atoms with E-state index in [0.29, 0.717) is 7.11 Å². The summed E-state index contributed by atoms with van der Waals surface area (Å²) in [5.41, 5.74) is -6.33. The fourth-order valence-corrected chi connectivity index (χ4v) is 2.69. The number of carbonyl (C=O) groups excluding carboxylic acids is 1. The van der Waals surface area contributed by atoms with Gasteiger partial charge in [-0.3, -0.25) is 20.2 Å². The first-order chi connectivity index (χ1) is 10.4. The van der Waals surface area contributed by atoms with Crippen molar-refractivity contribution < 1.29 is 37.3 Å². The molecule has 0 aromatic carbocycles. The number of rotatable bonds is 4. The third kappa shape index (κ3) is 3.24. The first-order valence-electron chi connectivity index (χ1n) is 5.22. The van der Waals surface area contributed by atoms with Crippen LogP contribution in [0.4, 0.5) is 0 Å². The molecule has 14 nitrogen and oxygen atoms in total. The Bertz CT molecular complexity index is 786. The first kappa shape index (κ1) is 18.0. The van der Waals surface area contributed by atoms with Gasteiger partial charge in [0.1, 0.15) is 10.1 Å². The van der Waals surface area contributed by atoms with Crippen molar-refractivity contribution in [3.8, 4) is 0 Å². The molecule has 0 aliphatic heterocycles. The summed E-state index contributed by atoms with van der Waals surface area (Å²) in [5.74, 6) is -1.70. The van der Waals surface area contributed by atoms with Gasteiger partial charge in [0.25, 0.3) is 17.1 Å². The minimum atomic E-state index is -5.74. The van der Waals surface area contributed by atoms with Gasteiger partial charge in [-0.2, -0.15) is 4.90 Å². The summed E-state index contributed by atoms with van der Waals surface area (Å²) in [6.07, 6.45) is -0.000625. The number of methoxy groups -OCH3 is 1. The van der Waals surface area contributed by atoms with Crippen LogP contribution in [0.5, 0.6) is 0 Å². The van der Waals surface area contributed by atoms with Crippen molar-refractivity contribution in [2.75, 3.05) is 7.11 Å². The van der Waals surface area contributed by atoms with Crippen molar-refractivity contribution in [2.24, 2.45) is 0 Å². The van der Waals surface area contributed by atoms with Crippen molar-refractivity contribution >= 4 is 21.8 Å². The van der Waals surface area contributed by atoms with Crippen LogP contribution in [0.2, 0.25) is 0 Å². The molecule has 1 unspecified atom stereocenters. The molecule has 0 bridgehead atoms. The molecule has 1 aliphatic carbocycles. The van der Waals surface area contributed by atoms with Crippen LogP contribution in [0, 0.1) is 30.6 Å². The van der Waals surface area contributed by atoms with Crippen molar-refractivity contribution in [3.63, 3.8) is 0 Å². The van der Waals surface area contributed by atoms with Gasteiger partial charge in [0.15, 0.2) is 0 Å². The van der Waals surface area contributed by atoms with E-state index < -0.39 is 58.8 Å². The average Bonchev–Trinajstić information content (AvgIpc) is 2.42. The summed E-state index contributed by atoms with van der Waals surface area (Å²) in [4.78, 5) is 28.9. The van der Waals surface area contributed by atoms with E-state index in [1.807, 2.05) is 0 Å². The maximum atomic E-state index is 11.5. The molecule has 0 aromatic rings. The van der Waals surface area contributed by atoms with Gasteiger partial charge < -0.3 is 19.7 Å². The Morgan fingerprint density at radius 1 is 1.17 bits per heavy atom. The molecule has 23 heavy (non-hydrogen) atoms. The van der Waals surface area contributed by atoms with E-state index in [0.717, 1.165) is 0 Å². The molecule has 0 N–H and O–H groups in total. The van der Waals surface area contributed by atoms with Crippen LogP contribution in [-0.2, 0) is 19.6 Å². The molecular formula is C8H5N3O11S-2. The average molecular weight is 351 g/mol. The van der Waals surface area contributed by atoms with Crippen molar-refractivity contribution in [3.05, 3.63) is 53.7 Å². The second-order valence-corrected chi connectivity index (χ2v) is 5.31. The summed E-state index contributed by atoms with van der Waals surface area (Å²) in [5, 5.41) is 40.6. The Balaban J connectivity index is 4.01. The van der Waals surface area contributed by atoms with E-state index >= 15 is 0 Å². The smallest absolute Gasteiger partial charge is 0.351 e. The predicted molar refractivity (Wildman–Crippen MR) is 66.6 cm³/mol. The van der Waals surface area contributed by atoms with Gasteiger partial charge in [-0.1, -0.05) is 0 Å². The van der Waals surface area contributed by atoms with Crippen molar-refractivity contribution in [1.29, 1.82) is 0 Å². The molecule has 0 spiro atoms. The molecule has 0 radical (unpaired) electrons. The number of allylic oxidation sites excluding steroid dienone is 1. The summed E-state index contributed by atoms with van der Waals surface area (Å²) < 4.78 is 37.6. The maximum absolute atomic E-state index is 11.5. The number of nitro groups is 2. The zero-order chi connectivity index (χ0) is 18.1. The fraction of sp³-hybridized carbons (Fsp3) is 0.250. The van der Waals surface area contributed by atoms with E-state index in [2.05, 4.69) is 4.74 Å². The third-order valence-electron chi connectivity index (χ3n) is 2.60. The van der Waals surface area contributed by atoms with E-state index in [1.54, 1.807) is 0 Å². The third-order valence-corrected chi connectivity index (χ3v) is 3.64. The van der Waals surface area contributed by atoms with Crippen molar-refractivity contribution in [2.45, 2.75) is 5.25 Å². The van der Waals surface area contributed by atoms with Gasteiger partial charge in [-0.05, 0) is 0 Å². The number of ether oxygens (including phenoxy) is 1. The van der Waals surface area contributed by atoms with E-state index in [9.17, 15) is 48.4 Å². The first-order valence-corrected chi connectivity index (χ1v) is 6.69. The highest BCUT2D eigenvalue weighted by atomic mass is 32.2. The van der Waals surface area contributed by atoms with Gasteiger partial charge >= 0.3 is 5.97 Å². The van der Waals surface area contributed by atoms with Crippen LogP contribution in [0.15, 0.2) is 23.0 Å². The molecule has 0 saturated carbocycles. The molecule has 15 heteroatoms. The predicted octanol–water partition coefficient (Wildman–Crippen LogP) is -1.77. The molecular weight excluding hydrogens is 346 g/mol. The van der Waals surface area contributed by atoms with Crippen LogP contribution in [0.25, 0.3) is 0 Å². The largest absolute Gasteiger partial charge is 0.747 e. The molecule has 0 fully saturated rings. The monoisotopic (exact) mass is 351 g/mol. The van der Waals surface area contributed by atoms with Crippen molar-refractivity contribution in [1.82, 2.24) is 0 Å². The number of hydrogen-bond donors (Lipinski definition) is 0. The quantitative estimate of drug-likeness (QED) is 0.181. The van der Waals surface area contributed by atoms with Crippen LogP contribution in [0.3, 0.4) is 0 Å². The standard InChI is InChI=1S/C8H6N3O11S/c1-22-8(12)5-3(9(13)14)2-4(10(15)16)7(23(19,20)21)6(5)11(17)18/h2,7H,1H3,(H-,13,14,19,20,21)/q-1/p-1. The summed E-state index contributed by atoms with van der Waals surface area (Å²) in [6.45, 7) is 0. The zero-order valence-corrected chi connectivity index (χ0v) is 11.7. The van der Waals surface area contributed by atoms with Gasteiger partial charge in [0.2, 0.25) is 10.8 Å². The summed E-state index contributed by atoms with van der Waals surface area (Å²) in [7, 11) is -5.06. The number of hydrogen-bond acceptors (Lipinski definition) is 11. The molecule has 0 heterocycles. The van der Waals surface area contributed by atoms with Gasteiger partial charge in [-0.25, -0.2) is 13.2 Å². The second-order valence-electron chi connectivity index (χ2n) is 3.85. The summed E-state index contributed by atoms with van der Waals surface area (Å²) in [6, 6.07) is 0. The van der Waals surface area contributed by atoms with Gasteiger partial charge in [0, 0.05) is 0 Å². The zero-order valence-electron chi connectivity index (χ0n) is 10.9. The molecule has 1 atom stereocenters. The summed E-state index contributed by atoms with van der Waals surface area (Å²) >= 11 is 0. The second kappa shape index (κ2) is 5.97. The van der Waals surface area contributed by atoms with Crippen LogP contribution < -0.4 is 0 Å². The lowest BCUT2D eigenvalue weighted by molar-refractivity contribution is -0.450. The van der Waals surface area contributed by atoms with Gasteiger partial charge in [-0.15, -0.1) is 0 Å². The Morgan fingerprint density at radius 2 is 1.70 bits per heavy atom. The number of carbonyl (C=O) groups is 1. The lowest BCUT2D eigenvalue weighted by Crippen LogP contribution is -2.40. The highest BCUT2D eigenvalue weighted by Gasteiger charge is 2.52. The highest BCUT2D eigenvalue weighted by molar-refractivity contribution is 7.86. The minimum absolute atomic E-state index is 0.000625. The van der Waals surface area contributed by atoms with Gasteiger partial charge in [0.05, 0.1) is 23.0 Å². The lowest BCUT2D eigenvalue weighted by Gasteiger charge is -2.21. The molecule has 1 rings (SSSR count). The molecule has 0 amide bonds. The topological polar surface area (TPSA) is 219 Å². The minimum Gasteiger partial charge on any atom is -0.747 e. The molecule has 0 aromatic heterocycles. The van der Waals surface area contributed by atoms with E-state index in [-0.39, 0.29) is 6.08 Å². The SMILES string of the molecule is COC(=O)C1=C([N+](=O)[O-])C(S(=O)(=O)[O-])C([N+](=O)[O-])=CC1=[N+]([O-])[O-]. The Morgan fingerprint density at radius 3 is 2.00 bits per heavy atom. The number of nitrogens with zero attached hydrogens (tertiary/aromatic N) is 3. The Kier molecular flexibility index (Phi) is 4.67. The van der Waals surface area contributed by atoms with Crippen LogP contribution in [0.1, 0.15) is 0 Å².